The summed E-state index contributed by atoms with van der Waals surface area (Å²) in [4.78, 5) is 26.4. The number of benzene rings is 1. The van der Waals surface area contributed by atoms with Gasteiger partial charge in [-0.25, -0.2) is 0 Å². The Morgan fingerprint density at radius 3 is 2.00 bits per heavy atom. The van der Waals surface area contributed by atoms with Gasteiger partial charge in [-0.3, -0.25) is 19.5 Å². The molecular formula is C13H19N2O8P. The van der Waals surface area contributed by atoms with Gasteiger partial charge in [0.05, 0.1) is 13.2 Å². The average Bonchev–Trinajstić information content (AvgIpc) is 2.47. The third kappa shape index (κ3) is 4.08. The van der Waals surface area contributed by atoms with Crippen LogP contribution in [0, 0.1) is 20.2 Å². The molecule has 2 atom stereocenters. The Bertz CT molecular complexity index is 616. The predicted molar refractivity (Wildman–Crippen MR) is 83.5 cm³/mol. The Morgan fingerprint density at radius 2 is 1.62 bits per heavy atom. The van der Waals surface area contributed by atoms with E-state index in [1.165, 1.54) is 38.1 Å². The van der Waals surface area contributed by atoms with Crippen LogP contribution in [0.2, 0.25) is 0 Å². The molecular weight excluding hydrogens is 343 g/mol. The Kier molecular flexibility index (Phi) is 6.82. The van der Waals surface area contributed by atoms with Crippen LogP contribution in [0.4, 0.5) is 0 Å². The van der Waals surface area contributed by atoms with Crippen LogP contribution in [-0.4, -0.2) is 28.6 Å². The second-order valence-electron chi connectivity index (χ2n) is 4.80. The first-order valence-corrected chi connectivity index (χ1v) is 8.67. The molecule has 1 aromatic rings. The van der Waals surface area contributed by atoms with Gasteiger partial charge in [-0.15, -0.1) is 10.1 Å². The SMILES string of the molecule is CCOP(=O)(OCC)C(C)(O[N+](=O)[O-])C(c1ccccc1)[N+](=O)[O-]. The lowest BCUT2D eigenvalue weighted by atomic mass is 10.0. The van der Waals surface area contributed by atoms with E-state index in [1.54, 1.807) is 6.07 Å². The van der Waals surface area contributed by atoms with Crippen molar-refractivity contribution in [2.24, 2.45) is 0 Å². The van der Waals surface area contributed by atoms with E-state index < -0.39 is 29.0 Å². The summed E-state index contributed by atoms with van der Waals surface area (Å²) in [5.74, 6) is 0. The van der Waals surface area contributed by atoms with Crippen molar-refractivity contribution in [2.75, 3.05) is 13.2 Å². The Balaban J connectivity index is 3.58. The monoisotopic (exact) mass is 362 g/mol. The number of hydrogen-bond acceptors (Lipinski definition) is 8. The highest BCUT2D eigenvalue weighted by atomic mass is 31.2. The van der Waals surface area contributed by atoms with E-state index in [0.29, 0.717) is 0 Å². The second-order valence-corrected chi connectivity index (χ2v) is 7.20. The zero-order chi connectivity index (χ0) is 18.4. The Labute approximate surface area is 138 Å². The minimum absolute atomic E-state index is 0.0754. The van der Waals surface area contributed by atoms with Crippen molar-refractivity contribution in [1.82, 2.24) is 0 Å². The van der Waals surface area contributed by atoms with Crippen LogP contribution in [0.3, 0.4) is 0 Å². The summed E-state index contributed by atoms with van der Waals surface area (Å²) >= 11 is 0. The molecule has 0 bridgehead atoms. The number of hydrogen-bond donors (Lipinski definition) is 0. The lowest BCUT2D eigenvalue weighted by Gasteiger charge is -2.34. The maximum absolute atomic E-state index is 13.1. The Morgan fingerprint density at radius 1 is 1.12 bits per heavy atom. The van der Waals surface area contributed by atoms with Crippen LogP contribution in [-0.2, 0) is 18.5 Å². The average molecular weight is 362 g/mol. The van der Waals surface area contributed by atoms with E-state index in [2.05, 4.69) is 4.84 Å². The highest BCUT2D eigenvalue weighted by molar-refractivity contribution is 7.55. The fourth-order valence-corrected chi connectivity index (χ4v) is 4.27. The lowest BCUT2D eigenvalue weighted by Crippen LogP contribution is -2.43. The van der Waals surface area contributed by atoms with E-state index in [-0.39, 0.29) is 18.8 Å². The maximum atomic E-state index is 13.1. The largest absolute Gasteiger partial charge is 0.369 e. The topological polar surface area (TPSA) is 131 Å². The van der Waals surface area contributed by atoms with Crippen molar-refractivity contribution in [3.05, 3.63) is 56.1 Å². The van der Waals surface area contributed by atoms with E-state index in [0.717, 1.165) is 6.92 Å². The van der Waals surface area contributed by atoms with Gasteiger partial charge in [-0.2, -0.15) is 0 Å². The Hall–Kier alpha value is -2.03. The fourth-order valence-electron chi connectivity index (χ4n) is 2.30. The minimum Gasteiger partial charge on any atom is -0.307 e. The molecule has 134 valence electrons. The number of nitro groups is 1. The van der Waals surface area contributed by atoms with Gasteiger partial charge in [0.15, 0.2) is 0 Å². The first-order valence-electron chi connectivity index (χ1n) is 7.13. The predicted octanol–water partition coefficient (Wildman–Crippen LogP) is 3.20. The molecule has 0 saturated carbocycles. The van der Waals surface area contributed by atoms with E-state index in [1.807, 2.05) is 0 Å². The number of nitrogens with zero attached hydrogens (tertiary/aromatic N) is 2. The van der Waals surface area contributed by atoms with Crippen LogP contribution in [0.15, 0.2) is 30.3 Å². The molecule has 0 heterocycles. The first-order chi connectivity index (χ1) is 11.2. The molecule has 0 spiro atoms. The molecule has 0 fully saturated rings. The zero-order valence-electron chi connectivity index (χ0n) is 13.5. The van der Waals surface area contributed by atoms with Crippen molar-refractivity contribution in [2.45, 2.75) is 32.2 Å². The summed E-state index contributed by atoms with van der Waals surface area (Å²) in [6.45, 7) is 3.70. The van der Waals surface area contributed by atoms with Gasteiger partial charge in [0.2, 0.25) is 0 Å². The molecule has 0 aliphatic carbocycles. The van der Waals surface area contributed by atoms with Crippen molar-refractivity contribution >= 4 is 7.60 Å². The molecule has 0 amide bonds. The second kappa shape index (κ2) is 8.18. The standard InChI is InChI=1S/C13H19N2O8P/c1-4-21-24(20,22-5-2)13(3,23-15(18)19)12(14(16)17)11-9-7-6-8-10-11/h6-10,12H,4-5H2,1-3H3. The molecule has 10 nitrogen and oxygen atoms in total. The third-order valence-electron chi connectivity index (χ3n) is 3.23. The molecule has 0 aromatic heterocycles. The molecule has 0 saturated heterocycles. The van der Waals surface area contributed by atoms with E-state index in [4.69, 9.17) is 9.05 Å². The van der Waals surface area contributed by atoms with Gasteiger partial charge in [-0.05, 0) is 20.8 Å². The fraction of sp³-hybridized carbons (Fsp3) is 0.538. The van der Waals surface area contributed by atoms with Gasteiger partial charge < -0.3 is 9.05 Å². The minimum atomic E-state index is -4.38. The van der Waals surface area contributed by atoms with Gasteiger partial charge in [0.1, 0.15) is 0 Å². The van der Waals surface area contributed by atoms with Crippen LogP contribution >= 0.6 is 7.60 Å². The first kappa shape index (κ1) is 20.0. The molecule has 0 N–H and O–H groups in total. The molecule has 0 radical (unpaired) electrons. The number of rotatable bonds is 10. The van der Waals surface area contributed by atoms with Gasteiger partial charge in [-0.1, -0.05) is 30.3 Å². The summed E-state index contributed by atoms with van der Waals surface area (Å²) in [7, 11) is -4.38. The lowest BCUT2D eigenvalue weighted by molar-refractivity contribution is -0.785. The van der Waals surface area contributed by atoms with Crippen LogP contribution in [0.1, 0.15) is 32.4 Å². The smallest absolute Gasteiger partial charge is 0.307 e. The van der Waals surface area contributed by atoms with E-state index in [9.17, 15) is 24.8 Å². The van der Waals surface area contributed by atoms with Gasteiger partial charge in [0.25, 0.3) is 16.5 Å². The summed E-state index contributed by atoms with van der Waals surface area (Å²) in [5, 5.41) is 18.9. The van der Waals surface area contributed by atoms with Gasteiger partial charge >= 0.3 is 7.60 Å². The van der Waals surface area contributed by atoms with Crippen LogP contribution in [0.25, 0.3) is 0 Å². The maximum Gasteiger partial charge on any atom is 0.369 e. The molecule has 2 unspecified atom stereocenters. The molecule has 1 rings (SSSR count). The van der Waals surface area contributed by atoms with Crippen molar-refractivity contribution < 1.29 is 28.5 Å². The highest BCUT2D eigenvalue weighted by Crippen LogP contribution is 2.65. The van der Waals surface area contributed by atoms with Crippen LogP contribution < -0.4 is 0 Å². The van der Waals surface area contributed by atoms with Crippen molar-refractivity contribution in [3.8, 4) is 0 Å². The highest BCUT2D eigenvalue weighted by Gasteiger charge is 2.63. The molecule has 11 heteroatoms. The summed E-state index contributed by atoms with van der Waals surface area (Å²) in [5.41, 5.74) is 0.0754. The molecule has 1 aromatic carbocycles. The van der Waals surface area contributed by atoms with Crippen LogP contribution in [0.5, 0.6) is 0 Å². The molecule has 24 heavy (non-hydrogen) atoms. The summed E-state index contributed by atoms with van der Waals surface area (Å²) in [6, 6.07) is 5.59. The zero-order valence-corrected chi connectivity index (χ0v) is 14.4. The molecule has 0 aliphatic heterocycles. The summed E-state index contributed by atoms with van der Waals surface area (Å²) in [6.07, 6.45) is 0. The normalized spacial score (nSPS) is 15.3. The van der Waals surface area contributed by atoms with Crippen molar-refractivity contribution in [3.63, 3.8) is 0 Å². The molecule has 0 aliphatic rings. The summed E-state index contributed by atoms with van der Waals surface area (Å²) < 4.78 is 23.3. The quantitative estimate of drug-likeness (QED) is 0.352. The van der Waals surface area contributed by atoms with Crippen molar-refractivity contribution in [1.29, 1.82) is 0 Å². The third-order valence-corrected chi connectivity index (χ3v) is 5.84. The van der Waals surface area contributed by atoms with Gasteiger partial charge in [0, 0.05) is 10.5 Å². The van der Waals surface area contributed by atoms with E-state index >= 15 is 0 Å².